The summed E-state index contributed by atoms with van der Waals surface area (Å²) in [6, 6.07) is 11.3. The van der Waals surface area contributed by atoms with E-state index < -0.39 is 16.0 Å². The molecule has 0 saturated carbocycles. The molecule has 0 radical (unpaired) electrons. The number of carbonyl (C=O) groups excluding carboxylic acids is 1. The molecular weight excluding hydrogens is 418 g/mol. The van der Waals surface area contributed by atoms with Gasteiger partial charge in [-0.15, -0.1) is 0 Å². The summed E-state index contributed by atoms with van der Waals surface area (Å²) in [6.07, 6.45) is 0.575. The molecule has 1 fully saturated rings. The third-order valence-corrected chi connectivity index (χ3v) is 6.22. The van der Waals surface area contributed by atoms with Gasteiger partial charge in [0.2, 0.25) is 10.0 Å². The number of ether oxygens (including phenoxy) is 1. The van der Waals surface area contributed by atoms with Gasteiger partial charge in [-0.1, -0.05) is 33.6 Å². The van der Waals surface area contributed by atoms with Crippen molar-refractivity contribution in [3.05, 3.63) is 57.5 Å². The predicted molar refractivity (Wildman–Crippen MR) is 96.3 cm³/mol. The quantitative estimate of drug-likeness (QED) is 0.548. The molecule has 1 aliphatic rings. The molecule has 24 heavy (non-hydrogen) atoms. The maximum Gasteiger partial charge on any atom is 0.343 e. The largest absolute Gasteiger partial charge is 0.421 e. The Bertz CT molecular complexity index is 901. The molecule has 2 aromatic carbocycles. The van der Waals surface area contributed by atoms with Crippen LogP contribution >= 0.6 is 27.5 Å². The van der Waals surface area contributed by atoms with Crippen LogP contribution in [0.2, 0.25) is 5.02 Å². The van der Waals surface area contributed by atoms with Crippen LogP contribution in [-0.4, -0.2) is 26.7 Å². The van der Waals surface area contributed by atoms with Gasteiger partial charge in [-0.25, -0.2) is 13.2 Å². The fraction of sp³-hybridized carbons (Fsp3) is 0.188. The van der Waals surface area contributed by atoms with Gasteiger partial charge in [0.15, 0.2) is 0 Å². The van der Waals surface area contributed by atoms with Gasteiger partial charge in [0, 0.05) is 11.0 Å². The minimum Gasteiger partial charge on any atom is -0.421 e. The van der Waals surface area contributed by atoms with Crippen molar-refractivity contribution in [2.45, 2.75) is 6.42 Å². The van der Waals surface area contributed by atoms with Gasteiger partial charge in [0.25, 0.3) is 0 Å². The van der Waals surface area contributed by atoms with Crippen molar-refractivity contribution in [1.29, 1.82) is 0 Å². The first kappa shape index (κ1) is 17.3. The number of rotatable bonds is 3. The number of sulfonamides is 1. The molecular formula is C16H13BrClNO4S. The summed E-state index contributed by atoms with van der Waals surface area (Å²) in [7, 11) is -3.30. The van der Waals surface area contributed by atoms with Crippen LogP contribution in [0.15, 0.2) is 46.9 Å². The number of nitrogens with zero attached hydrogens (tertiary/aromatic N) is 1. The van der Waals surface area contributed by atoms with Gasteiger partial charge in [0.1, 0.15) is 5.75 Å². The van der Waals surface area contributed by atoms with Crippen molar-refractivity contribution >= 4 is 49.2 Å². The molecule has 0 N–H and O–H groups in total. The minimum absolute atomic E-state index is 0.121. The van der Waals surface area contributed by atoms with Gasteiger partial charge in [-0.05, 0) is 42.8 Å². The third kappa shape index (κ3) is 3.58. The average Bonchev–Trinajstić information content (AvgIpc) is 2.89. The summed E-state index contributed by atoms with van der Waals surface area (Å²) in [6.45, 7) is 0.416. The monoisotopic (exact) mass is 429 g/mol. The normalized spacial score (nSPS) is 16.2. The number of hydrogen-bond acceptors (Lipinski definition) is 4. The minimum atomic E-state index is -3.30. The van der Waals surface area contributed by atoms with Crippen molar-refractivity contribution in [2.24, 2.45) is 0 Å². The fourth-order valence-electron chi connectivity index (χ4n) is 2.43. The second-order valence-electron chi connectivity index (χ2n) is 5.26. The molecule has 0 aliphatic carbocycles. The van der Waals surface area contributed by atoms with Gasteiger partial charge in [0.05, 0.1) is 22.0 Å². The van der Waals surface area contributed by atoms with E-state index in [0.29, 0.717) is 23.7 Å². The summed E-state index contributed by atoms with van der Waals surface area (Å²) in [5, 5.41) is 0.302. The third-order valence-electron chi connectivity index (χ3n) is 3.57. The Labute approximate surface area is 153 Å². The topological polar surface area (TPSA) is 63.7 Å². The molecule has 126 valence electrons. The van der Waals surface area contributed by atoms with Crippen LogP contribution in [-0.2, 0) is 10.0 Å². The van der Waals surface area contributed by atoms with E-state index in [1.165, 1.54) is 10.4 Å². The van der Waals surface area contributed by atoms with Crippen LogP contribution < -0.4 is 9.04 Å². The number of esters is 1. The van der Waals surface area contributed by atoms with Gasteiger partial charge in [-0.2, -0.15) is 0 Å². The van der Waals surface area contributed by atoms with Crippen LogP contribution in [0.1, 0.15) is 16.8 Å². The Morgan fingerprint density at radius 1 is 1.21 bits per heavy atom. The van der Waals surface area contributed by atoms with Gasteiger partial charge < -0.3 is 4.74 Å². The standard InChI is InChI=1S/C16H13BrClNO4S/c17-12-5-6-15(14(18)10-12)23-16(20)11-3-1-4-13(9-11)19-7-2-8-24(19,21)22/h1,3-6,9-10H,2,7-8H2. The summed E-state index contributed by atoms with van der Waals surface area (Å²) < 4.78 is 31.4. The van der Waals surface area contributed by atoms with E-state index in [9.17, 15) is 13.2 Å². The van der Waals surface area contributed by atoms with E-state index in [-0.39, 0.29) is 17.1 Å². The second kappa shape index (κ2) is 6.74. The van der Waals surface area contributed by atoms with Crippen LogP contribution in [0.4, 0.5) is 5.69 Å². The molecule has 1 aliphatic heterocycles. The first-order valence-corrected chi connectivity index (χ1v) is 9.92. The fourth-order valence-corrected chi connectivity index (χ4v) is 4.70. The molecule has 5 nitrogen and oxygen atoms in total. The Balaban J connectivity index is 1.84. The lowest BCUT2D eigenvalue weighted by molar-refractivity contribution is 0.0735. The Morgan fingerprint density at radius 2 is 2.00 bits per heavy atom. The summed E-state index contributed by atoms with van der Waals surface area (Å²) in [4.78, 5) is 12.3. The molecule has 2 aromatic rings. The molecule has 0 amide bonds. The molecule has 0 bridgehead atoms. The highest BCUT2D eigenvalue weighted by molar-refractivity contribution is 9.10. The molecule has 0 unspecified atom stereocenters. The van der Waals surface area contributed by atoms with E-state index in [2.05, 4.69) is 15.9 Å². The SMILES string of the molecule is O=C(Oc1ccc(Br)cc1Cl)c1cccc(N2CCCS2(=O)=O)c1. The lowest BCUT2D eigenvalue weighted by Crippen LogP contribution is -2.25. The van der Waals surface area contributed by atoms with Crippen molar-refractivity contribution in [3.8, 4) is 5.75 Å². The van der Waals surface area contributed by atoms with E-state index in [1.807, 2.05) is 0 Å². The average molecular weight is 431 g/mol. The maximum atomic E-state index is 12.3. The van der Waals surface area contributed by atoms with Crippen molar-refractivity contribution in [2.75, 3.05) is 16.6 Å². The number of carbonyl (C=O) groups is 1. The molecule has 1 heterocycles. The predicted octanol–water partition coefficient (Wildman–Crippen LogP) is 3.86. The summed E-state index contributed by atoms with van der Waals surface area (Å²) >= 11 is 9.32. The van der Waals surface area contributed by atoms with Gasteiger partial charge >= 0.3 is 5.97 Å². The zero-order valence-corrected chi connectivity index (χ0v) is 15.6. The van der Waals surface area contributed by atoms with Crippen LogP contribution in [0, 0.1) is 0 Å². The van der Waals surface area contributed by atoms with E-state index in [0.717, 1.165) is 4.47 Å². The Morgan fingerprint density at radius 3 is 2.67 bits per heavy atom. The Hall–Kier alpha value is -1.57. The molecule has 0 aromatic heterocycles. The Kier molecular flexibility index (Phi) is 4.85. The number of hydrogen-bond donors (Lipinski definition) is 0. The highest BCUT2D eigenvalue weighted by Gasteiger charge is 2.28. The maximum absolute atomic E-state index is 12.3. The first-order chi connectivity index (χ1) is 11.4. The van der Waals surface area contributed by atoms with Crippen LogP contribution in [0.5, 0.6) is 5.75 Å². The van der Waals surface area contributed by atoms with E-state index in [4.69, 9.17) is 16.3 Å². The first-order valence-electron chi connectivity index (χ1n) is 7.14. The van der Waals surface area contributed by atoms with Crippen LogP contribution in [0.3, 0.4) is 0 Å². The lowest BCUT2D eigenvalue weighted by atomic mass is 10.2. The second-order valence-corrected chi connectivity index (χ2v) is 8.59. The molecule has 1 saturated heterocycles. The van der Waals surface area contributed by atoms with Gasteiger partial charge in [-0.3, -0.25) is 4.31 Å². The van der Waals surface area contributed by atoms with E-state index in [1.54, 1.807) is 36.4 Å². The summed E-state index contributed by atoms with van der Waals surface area (Å²) in [5.41, 5.74) is 0.720. The van der Waals surface area contributed by atoms with Crippen LogP contribution in [0.25, 0.3) is 0 Å². The smallest absolute Gasteiger partial charge is 0.343 e. The molecule has 0 atom stereocenters. The highest BCUT2D eigenvalue weighted by atomic mass is 79.9. The lowest BCUT2D eigenvalue weighted by Gasteiger charge is -2.17. The molecule has 0 spiro atoms. The van der Waals surface area contributed by atoms with Crippen molar-refractivity contribution in [3.63, 3.8) is 0 Å². The summed E-state index contributed by atoms with van der Waals surface area (Å²) in [5.74, 6) is -0.238. The molecule has 3 rings (SSSR count). The zero-order valence-electron chi connectivity index (χ0n) is 12.4. The zero-order chi connectivity index (χ0) is 17.3. The molecule has 8 heteroatoms. The van der Waals surface area contributed by atoms with E-state index >= 15 is 0 Å². The number of halogens is 2. The van der Waals surface area contributed by atoms with Crippen molar-refractivity contribution < 1.29 is 17.9 Å². The highest BCUT2D eigenvalue weighted by Crippen LogP contribution is 2.29. The van der Waals surface area contributed by atoms with Crippen molar-refractivity contribution in [1.82, 2.24) is 0 Å². The number of anilines is 1. The number of benzene rings is 2.